The first kappa shape index (κ1) is 26.2. The van der Waals surface area contributed by atoms with Gasteiger partial charge < -0.3 is 35.5 Å². The van der Waals surface area contributed by atoms with Gasteiger partial charge >= 0.3 is 0 Å². The molecule has 1 unspecified atom stereocenters. The highest BCUT2D eigenvalue weighted by Gasteiger charge is 2.25. The molecule has 0 saturated carbocycles. The van der Waals surface area contributed by atoms with Crippen LogP contribution in [0.5, 0.6) is 0 Å². The van der Waals surface area contributed by atoms with Crippen LogP contribution in [0.4, 0.5) is 5.69 Å². The Morgan fingerprint density at radius 2 is 1.87 bits per heavy atom. The van der Waals surface area contributed by atoms with Crippen LogP contribution in [0, 0.1) is 0 Å². The Morgan fingerprint density at radius 3 is 2.48 bits per heavy atom. The Balaban J connectivity index is 2.80. The average molecular weight is 437 g/mol. The van der Waals surface area contributed by atoms with E-state index in [0.29, 0.717) is 57.8 Å². The van der Waals surface area contributed by atoms with Crippen molar-refractivity contribution in [3.63, 3.8) is 0 Å². The molecule has 1 aromatic rings. The summed E-state index contributed by atoms with van der Waals surface area (Å²) in [5, 5.41) is 5.58. The van der Waals surface area contributed by atoms with Crippen LogP contribution < -0.4 is 16.4 Å². The molecule has 0 saturated heterocycles. The third-order valence-electron chi connectivity index (χ3n) is 4.55. The van der Waals surface area contributed by atoms with Gasteiger partial charge in [0.25, 0.3) is 5.91 Å². The number of rotatable bonds is 16. The Bertz CT molecular complexity index is 728. The van der Waals surface area contributed by atoms with Crippen LogP contribution in [0.15, 0.2) is 18.2 Å². The molecule has 1 rings (SSSR count). The van der Waals surface area contributed by atoms with Crippen LogP contribution in [0.3, 0.4) is 0 Å². The Morgan fingerprint density at radius 1 is 1.16 bits per heavy atom. The summed E-state index contributed by atoms with van der Waals surface area (Å²) >= 11 is 0. The molecule has 31 heavy (non-hydrogen) atoms. The fraction of sp³-hybridized carbons (Fsp3) is 0.524. The Kier molecular flexibility index (Phi) is 12.7. The molecule has 0 aliphatic rings. The molecule has 2 amide bonds. The summed E-state index contributed by atoms with van der Waals surface area (Å²) in [7, 11) is 2.98. The van der Waals surface area contributed by atoms with Crippen molar-refractivity contribution in [2.24, 2.45) is 5.73 Å². The first-order valence-electron chi connectivity index (χ1n) is 10.1. The number of carbonyl (C=O) groups excluding carboxylic acids is 4. The molecule has 0 radical (unpaired) electrons. The van der Waals surface area contributed by atoms with Gasteiger partial charge in [-0.25, -0.2) is 0 Å². The monoisotopic (exact) mass is 436 g/mol. The third kappa shape index (κ3) is 8.83. The molecule has 0 bridgehead atoms. The van der Waals surface area contributed by atoms with Crippen molar-refractivity contribution in [3.8, 4) is 0 Å². The fourth-order valence-electron chi connectivity index (χ4n) is 2.80. The van der Waals surface area contributed by atoms with Crippen molar-refractivity contribution < 1.29 is 28.7 Å². The van der Waals surface area contributed by atoms with E-state index in [2.05, 4.69) is 10.6 Å². The molecule has 10 nitrogen and oxygen atoms in total. The van der Waals surface area contributed by atoms with Crippen molar-refractivity contribution in [3.05, 3.63) is 29.3 Å². The molecule has 0 spiro atoms. The van der Waals surface area contributed by atoms with Gasteiger partial charge in [-0.1, -0.05) is 12.1 Å². The minimum atomic E-state index is -0.797. The van der Waals surface area contributed by atoms with Gasteiger partial charge in [0.15, 0.2) is 6.29 Å². The SMILES string of the molecule is CNC(=O)CCC(C=O)N(C)C(=O)c1c(C=O)cccc1NCCOCCOCCN. The Hall–Kier alpha value is -2.82. The molecule has 1 atom stereocenters. The maximum absolute atomic E-state index is 13.1. The van der Waals surface area contributed by atoms with Gasteiger partial charge in [-0.2, -0.15) is 0 Å². The lowest BCUT2D eigenvalue weighted by Crippen LogP contribution is -2.39. The zero-order valence-corrected chi connectivity index (χ0v) is 18.1. The van der Waals surface area contributed by atoms with Gasteiger partial charge in [0.1, 0.15) is 6.29 Å². The number of nitrogens with two attached hydrogens (primary N) is 1. The van der Waals surface area contributed by atoms with E-state index >= 15 is 0 Å². The number of hydrogen-bond acceptors (Lipinski definition) is 8. The van der Waals surface area contributed by atoms with Gasteiger partial charge in [0.2, 0.25) is 5.91 Å². The summed E-state index contributed by atoms with van der Waals surface area (Å²) in [5.41, 5.74) is 6.16. The maximum atomic E-state index is 13.1. The number of nitrogens with one attached hydrogen (secondary N) is 2. The number of nitrogens with zero attached hydrogens (tertiary/aromatic N) is 1. The molecule has 1 aromatic carbocycles. The number of likely N-dealkylation sites (N-methyl/N-ethyl adjacent to an activating group) is 1. The van der Waals surface area contributed by atoms with Crippen LogP contribution in [0.25, 0.3) is 0 Å². The lowest BCUT2D eigenvalue weighted by Gasteiger charge is -2.25. The van der Waals surface area contributed by atoms with Gasteiger partial charge in [-0.3, -0.25) is 14.4 Å². The van der Waals surface area contributed by atoms with Gasteiger partial charge in [-0.15, -0.1) is 0 Å². The molecule has 10 heteroatoms. The van der Waals surface area contributed by atoms with E-state index < -0.39 is 11.9 Å². The molecule has 0 heterocycles. The third-order valence-corrected chi connectivity index (χ3v) is 4.55. The van der Waals surface area contributed by atoms with Crippen molar-refractivity contribution in [1.82, 2.24) is 10.2 Å². The number of anilines is 1. The lowest BCUT2D eigenvalue weighted by atomic mass is 10.0. The van der Waals surface area contributed by atoms with Gasteiger partial charge in [0, 0.05) is 44.9 Å². The predicted molar refractivity (Wildman–Crippen MR) is 116 cm³/mol. The first-order chi connectivity index (χ1) is 15.0. The second kappa shape index (κ2) is 15.1. The van der Waals surface area contributed by atoms with Crippen LogP contribution in [-0.4, -0.2) is 88.9 Å². The quantitative estimate of drug-likeness (QED) is 0.244. The van der Waals surface area contributed by atoms with Crippen molar-refractivity contribution >= 4 is 30.1 Å². The van der Waals surface area contributed by atoms with Crippen LogP contribution in [-0.2, 0) is 19.1 Å². The topological polar surface area (TPSA) is 140 Å². The van der Waals surface area contributed by atoms with E-state index in [9.17, 15) is 19.2 Å². The summed E-state index contributed by atoms with van der Waals surface area (Å²) in [6, 6.07) is 4.08. The van der Waals surface area contributed by atoms with Gasteiger partial charge in [0.05, 0.1) is 38.0 Å². The molecule has 0 aliphatic carbocycles. The van der Waals surface area contributed by atoms with E-state index in [1.165, 1.54) is 25.1 Å². The molecule has 4 N–H and O–H groups in total. The summed E-state index contributed by atoms with van der Waals surface area (Å²) in [6.07, 6.45) is 1.50. The molecule has 0 aliphatic heterocycles. The van der Waals surface area contributed by atoms with Crippen LogP contribution in [0.2, 0.25) is 0 Å². The number of aldehydes is 2. The Labute approximate surface area is 182 Å². The molecule has 0 aromatic heterocycles. The van der Waals surface area contributed by atoms with Gasteiger partial charge in [-0.05, 0) is 12.5 Å². The van der Waals surface area contributed by atoms with E-state index in [1.54, 1.807) is 12.1 Å². The number of carbonyl (C=O) groups is 4. The summed E-state index contributed by atoms with van der Waals surface area (Å²) in [4.78, 5) is 48.9. The van der Waals surface area contributed by atoms with E-state index in [4.69, 9.17) is 15.2 Å². The number of hydrogen-bond donors (Lipinski definition) is 3. The van der Waals surface area contributed by atoms with Crippen molar-refractivity contribution in [1.29, 1.82) is 0 Å². The number of amides is 2. The maximum Gasteiger partial charge on any atom is 0.257 e. The largest absolute Gasteiger partial charge is 0.382 e. The van der Waals surface area contributed by atoms with E-state index in [1.807, 2.05) is 0 Å². The standard InChI is InChI=1S/C21H32N4O6/c1-23-19(28)7-6-17(15-27)25(2)21(29)20-16(14-26)4-3-5-18(20)24-9-11-31-13-12-30-10-8-22/h3-5,14-15,17,24H,6-13,22H2,1-2H3,(H,23,28). The molecular formula is C21H32N4O6. The molecular weight excluding hydrogens is 404 g/mol. The average Bonchev–Trinajstić information content (AvgIpc) is 2.79. The minimum Gasteiger partial charge on any atom is -0.382 e. The number of ether oxygens (including phenoxy) is 2. The van der Waals surface area contributed by atoms with Crippen molar-refractivity contribution in [2.75, 3.05) is 58.9 Å². The summed E-state index contributed by atoms with van der Waals surface area (Å²) in [6.45, 7) is 2.55. The minimum absolute atomic E-state index is 0.101. The van der Waals surface area contributed by atoms with E-state index in [0.717, 1.165) is 0 Å². The number of benzene rings is 1. The highest BCUT2D eigenvalue weighted by atomic mass is 16.5. The highest BCUT2D eigenvalue weighted by molar-refractivity contribution is 6.06. The zero-order valence-electron chi connectivity index (χ0n) is 18.1. The van der Waals surface area contributed by atoms with E-state index in [-0.39, 0.29) is 29.9 Å². The molecule has 172 valence electrons. The molecule has 0 fully saturated rings. The fourth-order valence-corrected chi connectivity index (χ4v) is 2.80. The smallest absolute Gasteiger partial charge is 0.257 e. The predicted octanol–water partition coefficient (Wildman–Crippen LogP) is 0.0686. The zero-order chi connectivity index (χ0) is 23.1. The summed E-state index contributed by atoms with van der Waals surface area (Å²) < 4.78 is 10.7. The highest BCUT2D eigenvalue weighted by Crippen LogP contribution is 2.22. The lowest BCUT2D eigenvalue weighted by molar-refractivity contribution is -0.121. The van der Waals surface area contributed by atoms with Crippen LogP contribution >= 0.6 is 0 Å². The summed E-state index contributed by atoms with van der Waals surface area (Å²) in [5.74, 6) is -0.716. The first-order valence-corrected chi connectivity index (χ1v) is 10.1. The van der Waals surface area contributed by atoms with Crippen LogP contribution in [0.1, 0.15) is 33.6 Å². The second-order valence-electron chi connectivity index (χ2n) is 6.66. The second-order valence-corrected chi connectivity index (χ2v) is 6.66. The van der Waals surface area contributed by atoms with Crippen molar-refractivity contribution in [2.45, 2.75) is 18.9 Å². The normalized spacial score (nSPS) is 11.5.